The molecule has 1 aromatic rings. The van der Waals surface area contributed by atoms with Gasteiger partial charge in [-0.05, 0) is 25.3 Å². The Bertz CT molecular complexity index is 398. The summed E-state index contributed by atoms with van der Waals surface area (Å²) in [6.07, 6.45) is 3.41. The Labute approximate surface area is 114 Å². The number of halogens is 2. The summed E-state index contributed by atoms with van der Waals surface area (Å²) in [6.45, 7) is 2.08. The second-order valence-corrected chi connectivity index (χ2v) is 5.49. The first kappa shape index (κ1) is 14.5. The first-order valence-corrected chi connectivity index (χ1v) is 6.84. The predicted molar refractivity (Wildman–Crippen MR) is 73.7 cm³/mol. The molecule has 0 bridgehead atoms. The maximum absolute atomic E-state index is 10.9. The number of nitro groups is 1. The third-order valence-electron chi connectivity index (χ3n) is 2.57. The van der Waals surface area contributed by atoms with Crippen LogP contribution in [0.3, 0.4) is 0 Å². The van der Waals surface area contributed by atoms with Crippen LogP contribution in [0.5, 0.6) is 0 Å². The average Bonchev–Trinajstić information content (AvgIpc) is 2.27. The van der Waals surface area contributed by atoms with Crippen LogP contribution < -0.4 is 0 Å². The topological polar surface area (TPSA) is 43.1 Å². The fourth-order valence-electron chi connectivity index (χ4n) is 1.69. The maximum Gasteiger partial charge on any atom is 0.273 e. The lowest BCUT2D eigenvalue weighted by molar-refractivity contribution is -0.385. The summed E-state index contributed by atoms with van der Waals surface area (Å²) < 4.78 is 0.726. The van der Waals surface area contributed by atoms with Gasteiger partial charge in [0.2, 0.25) is 0 Å². The van der Waals surface area contributed by atoms with Gasteiger partial charge in [0.25, 0.3) is 5.69 Å². The van der Waals surface area contributed by atoms with Gasteiger partial charge >= 0.3 is 0 Å². The quantitative estimate of drug-likeness (QED) is 0.433. The zero-order valence-electron chi connectivity index (χ0n) is 9.66. The molecule has 0 aromatic heterocycles. The molecule has 0 fully saturated rings. The molecule has 0 aliphatic carbocycles. The Kier molecular flexibility index (Phi) is 5.92. The molecule has 0 saturated heterocycles. The van der Waals surface area contributed by atoms with E-state index in [1.54, 1.807) is 12.1 Å². The number of hydrogen-bond acceptors (Lipinski definition) is 2. The molecule has 0 aliphatic rings. The Morgan fingerprint density at radius 1 is 1.47 bits per heavy atom. The summed E-state index contributed by atoms with van der Waals surface area (Å²) in [5.41, 5.74) is 0.916. The molecule has 0 saturated carbocycles. The summed E-state index contributed by atoms with van der Waals surface area (Å²) in [7, 11) is 0. The van der Waals surface area contributed by atoms with E-state index in [0.717, 1.165) is 29.3 Å². The van der Waals surface area contributed by atoms with Gasteiger partial charge in [0, 0.05) is 21.5 Å². The van der Waals surface area contributed by atoms with Gasteiger partial charge in [-0.3, -0.25) is 10.1 Å². The molecular formula is C12H15BrClNO2. The van der Waals surface area contributed by atoms with Gasteiger partial charge in [-0.1, -0.05) is 35.3 Å². The Hall–Kier alpha value is -0.610. The van der Waals surface area contributed by atoms with Crippen LogP contribution in [-0.4, -0.2) is 10.3 Å². The van der Waals surface area contributed by atoms with E-state index >= 15 is 0 Å². The van der Waals surface area contributed by atoms with Gasteiger partial charge in [0.05, 0.1) is 4.92 Å². The lowest BCUT2D eigenvalue weighted by Crippen LogP contribution is -2.02. The van der Waals surface area contributed by atoms with E-state index in [1.807, 2.05) is 6.07 Å². The fourth-order valence-corrected chi connectivity index (χ4v) is 2.36. The van der Waals surface area contributed by atoms with Gasteiger partial charge in [-0.25, -0.2) is 0 Å². The van der Waals surface area contributed by atoms with E-state index in [1.165, 1.54) is 0 Å². The third kappa shape index (κ3) is 4.64. The van der Waals surface area contributed by atoms with E-state index in [2.05, 4.69) is 22.9 Å². The monoisotopic (exact) mass is 319 g/mol. The van der Waals surface area contributed by atoms with Crippen LogP contribution in [0.4, 0.5) is 5.69 Å². The van der Waals surface area contributed by atoms with Gasteiger partial charge in [-0.15, -0.1) is 11.6 Å². The Balaban J connectivity index is 2.73. The van der Waals surface area contributed by atoms with Crippen LogP contribution in [0, 0.1) is 10.1 Å². The zero-order valence-corrected chi connectivity index (χ0v) is 12.0. The standard InChI is InChI=1S/C12H15BrClNO2/c1-2-3-11(14)7-5-9-4-6-10(13)8-12(9)15(16)17/h4,6,8,11H,2-3,5,7H2,1H3. The number of benzene rings is 1. The van der Waals surface area contributed by atoms with Crippen molar-refractivity contribution in [1.29, 1.82) is 0 Å². The van der Waals surface area contributed by atoms with Crippen LogP contribution in [0.15, 0.2) is 22.7 Å². The van der Waals surface area contributed by atoms with Crippen molar-refractivity contribution in [3.63, 3.8) is 0 Å². The highest BCUT2D eigenvalue weighted by Crippen LogP contribution is 2.26. The minimum atomic E-state index is -0.344. The van der Waals surface area contributed by atoms with Crippen molar-refractivity contribution in [2.24, 2.45) is 0 Å². The molecule has 0 spiro atoms. The van der Waals surface area contributed by atoms with Crippen LogP contribution >= 0.6 is 27.5 Å². The molecule has 1 aromatic carbocycles. The van der Waals surface area contributed by atoms with Crippen molar-refractivity contribution in [3.8, 4) is 0 Å². The van der Waals surface area contributed by atoms with E-state index in [0.29, 0.717) is 6.42 Å². The van der Waals surface area contributed by atoms with Gasteiger partial charge in [0.1, 0.15) is 0 Å². The molecule has 0 aliphatic heterocycles. The van der Waals surface area contributed by atoms with Crippen molar-refractivity contribution in [2.45, 2.75) is 38.0 Å². The highest BCUT2D eigenvalue weighted by atomic mass is 79.9. The Morgan fingerprint density at radius 3 is 2.76 bits per heavy atom. The lowest BCUT2D eigenvalue weighted by atomic mass is 10.0. The van der Waals surface area contributed by atoms with Gasteiger partial charge in [0.15, 0.2) is 0 Å². The highest BCUT2D eigenvalue weighted by Gasteiger charge is 2.15. The van der Waals surface area contributed by atoms with Gasteiger partial charge < -0.3 is 0 Å². The summed E-state index contributed by atoms with van der Waals surface area (Å²) in [6, 6.07) is 5.15. The molecule has 0 heterocycles. The SMILES string of the molecule is CCCC(Cl)CCc1ccc(Br)cc1[N+](=O)[O-]. The van der Waals surface area contributed by atoms with Crippen LogP contribution in [0.1, 0.15) is 31.7 Å². The molecule has 1 atom stereocenters. The van der Waals surface area contributed by atoms with Crippen molar-refractivity contribution < 1.29 is 4.92 Å². The molecule has 0 radical (unpaired) electrons. The lowest BCUT2D eigenvalue weighted by Gasteiger charge is -2.08. The minimum absolute atomic E-state index is 0.100. The molecule has 0 N–H and O–H groups in total. The number of hydrogen-bond donors (Lipinski definition) is 0. The largest absolute Gasteiger partial charge is 0.273 e. The highest BCUT2D eigenvalue weighted by molar-refractivity contribution is 9.10. The molecule has 5 heteroatoms. The second kappa shape index (κ2) is 6.97. The molecular weight excluding hydrogens is 305 g/mol. The summed E-state index contributed by atoms with van der Waals surface area (Å²) in [4.78, 5) is 10.6. The fraction of sp³-hybridized carbons (Fsp3) is 0.500. The first-order chi connectivity index (χ1) is 8.04. The zero-order chi connectivity index (χ0) is 12.8. The first-order valence-electron chi connectivity index (χ1n) is 5.61. The van der Waals surface area contributed by atoms with Crippen LogP contribution in [0.25, 0.3) is 0 Å². The summed E-state index contributed by atoms with van der Waals surface area (Å²) in [5, 5.41) is 11.0. The average molecular weight is 321 g/mol. The smallest absolute Gasteiger partial charge is 0.258 e. The van der Waals surface area contributed by atoms with Crippen LogP contribution in [0.2, 0.25) is 0 Å². The number of nitro benzene ring substituents is 1. The number of aryl methyl sites for hydroxylation is 1. The molecule has 1 rings (SSSR count). The van der Waals surface area contributed by atoms with E-state index in [4.69, 9.17) is 11.6 Å². The van der Waals surface area contributed by atoms with Crippen molar-refractivity contribution in [1.82, 2.24) is 0 Å². The summed E-state index contributed by atoms with van der Waals surface area (Å²) in [5.74, 6) is 0. The number of rotatable bonds is 6. The van der Waals surface area contributed by atoms with Gasteiger partial charge in [-0.2, -0.15) is 0 Å². The number of nitrogens with zero attached hydrogens (tertiary/aromatic N) is 1. The van der Waals surface area contributed by atoms with Crippen molar-refractivity contribution >= 4 is 33.2 Å². The van der Waals surface area contributed by atoms with E-state index in [9.17, 15) is 10.1 Å². The normalized spacial score (nSPS) is 12.4. The van der Waals surface area contributed by atoms with Crippen molar-refractivity contribution in [3.05, 3.63) is 38.3 Å². The summed E-state index contributed by atoms with van der Waals surface area (Å²) >= 11 is 9.35. The van der Waals surface area contributed by atoms with E-state index < -0.39 is 0 Å². The molecule has 94 valence electrons. The predicted octanol–water partition coefficient (Wildman–Crippen LogP) is 4.70. The van der Waals surface area contributed by atoms with Crippen LogP contribution in [-0.2, 0) is 6.42 Å². The maximum atomic E-state index is 10.9. The number of alkyl halides is 1. The molecule has 17 heavy (non-hydrogen) atoms. The molecule has 0 amide bonds. The molecule has 3 nitrogen and oxygen atoms in total. The van der Waals surface area contributed by atoms with Crippen molar-refractivity contribution in [2.75, 3.05) is 0 Å². The minimum Gasteiger partial charge on any atom is -0.258 e. The molecule has 1 unspecified atom stereocenters. The Morgan fingerprint density at radius 2 is 2.18 bits per heavy atom. The third-order valence-corrected chi connectivity index (χ3v) is 3.50. The second-order valence-electron chi connectivity index (χ2n) is 3.95. The van der Waals surface area contributed by atoms with E-state index in [-0.39, 0.29) is 16.0 Å².